The van der Waals surface area contributed by atoms with Gasteiger partial charge in [0.2, 0.25) is 0 Å². The number of amides is 1. The van der Waals surface area contributed by atoms with E-state index in [2.05, 4.69) is 42.5 Å². The van der Waals surface area contributed by atoms with E-state index in [-0.39, 0.29) is 5.91 Å². The molecule has 30 heavy (non-hydrogen) atoms. The van der Waals surface area contributed by atoms with Crippen molar-refractivity contribution in [1.82, 2.24) is 4.90 Å². The van der Waals surface area contributed by atoms with Crippen LogP contribution in [0, 0.1) is 0 Å². The zero-order chi connectivity index (χ0) is 20.9. The summed E-state index contributed by atoms with van der Waals surface area (Å²) in [7, 11) is 1.60. The second-order valence-electron chi connectivity index (χ2n) is 7.66. The molecule has 0 spiro atoms. The maximum absolute atomic E-state index is 13.0. The quantitative estimate of drug-likeness (QED) is 0.686. The van der Waals surface area contributed by atoms with Crippen LogP contribution in [-0.2, 0) is 6.54 Å². The van der Waals surface area contributed by atoms with Crippen LogP contribution in [0.15, 0.2) is 60.7 Å². The highest BCUT2D eigenvalue weighted by atomic mass is 16.5. The number of quaternary nitrogens is 1. The Morgan fingerprint density at radius 3 is 2.53 bits per heavy atom. The second kappa shape index (κ2) is 9.18. The molecule has 1 amide bonds. The molecule has 0 unspecified atom stereocenters. The average Bonchev–Trinajstić information content (AvgIpc) is 2.80. The van der Waals surface area contributed by atoms with Crippen LogP contribution in [0.1, 0.15) is 22.8 Å². The van der Waals surface area contributed by atoms with Crippen molar-refractivity contribution in [3.05, 3.63) is 71.8 Å². The molecule has 3 aromatic carbocycles. The van der Waals surface area contributed by atoms with Crippen molar-refractivity contribution in [2.24, 2.45) is 0 Å². The SMILES string of the molecule is CCOc1ccc(C(=O)N2CC[NH+](Cc3cccc4ccccc34)CC2)cc1OC. The van der Waals surface area contributed by atoms with Gasteiger partial charge in [0.05, 0.1) is 39.9 Å². The number of nitrogens with zero attached hydrogens (tertiary/aromatic N) is 1. The molecule has 3 aromatic rings. The minimum atomic E-state index is 0.0561. The van der Waals surface area contributed by atoms with Crippen LogP contribution in [0.2, 0.25) is 0 Å². The molecule has 0 saturated carbocycles. The van der Waals surface area contributed by atoms with Gasteiger partial charge in [0.1, 0.15) is 6.54 Å². The number of benzene rings is 3. The molecule has 1 heterocycles. The minimum Gasteiger partial charge on any atom is -0.493 e. The predicted molar refractivity (Wildman–Crippen MR) is 118 cm³/mol. The summed E-state index contributed by atoms with van der Waals surface area (Å²) in [5.74, 6) is 1.32. The van der Waals surface area contributed by atoms with Gasteiger partial charge in [-0.3, -0.25) is 4.79 Å². The van der Waals surface area contributed by atoms with E-state index in [0.29, 0.717) is 23.7 Å². The number of carbonyl (C=O) groups excluding carboxylic acids is 1. The molecule has 0 radical (unpaired) electrons. The molecule has 1 saturated heterocycles. The maximum Gasteiger partial charge on any atom is 0.254 e. The lowest BCUT2D eigenvalue weighted by atomic mass is 10.0. The first-order valence-electron chi connectivity index (χ1n) is 10.6. The number of ether oxygens (including phenoxy) is 2. The van der Waals surface area contributed by atoms with Crippen molar-refractivity contribution < 1.29 is 19.2 Å². The lowest BCUT2D eigenvalue weighted by molar-refractivity contribution is -0.917. The maximum atomic E-state index is 13.0. The lowest BCUT2D eigenvalue weighted by Crippen LogP contribution is -3.13. The predicted octanol–water partition coefficient (Wildman–Crippen LogP) is 2.79. The molecule has 0 bridgehead atoms. The van der Waals surface area contributed by atoms with Gasteiger partial charge in [-0.2, -0.15) is 0 Å². The molecular formula is C25H29N2O3+. The Morgan fingerprint density at radius 2 is 1.77 bits per heavy atom. The standard InChI is InChI=1S/C25H28N2O3/c1-3-30-23-12-11-20(17-24(23)29-2)25(28)27-15-13-26(14-16-27)18-21-9-6-8-19-7-4-5-10-22(19)21/h4-12,17H,3,13-16,18H2,1-2H3/p+1. The van der Waals surface area contributed by atoms with Gasteiger partial charge in [-0.1, -0.05) is 42.5 Å². The van der Waals surface area contributed by atoms with Crippen molar-refractivity contribution in [1.29, 1.82) is 0 Å². The molecule has 4 rings (SSSR count). The Hall–Kier alpha value is -3.05. The van der Waals surface area contributed by atoms with E-state index in [1.807, 2.05) is 24.0 Å². The number of hydrogen-bond donors (Lipinski definition) is 1. The summed E-state index contributed by atoms with van der Waals surface area (Å²) in [4.78, 5) is 16.5. The topological polar surface area (TPSA) is 43.2 Å². The van der Waals surface area contributed by atoms with Crippen LogP contribution in [0.3, 0.4) is 0 Å². The summed E-state index contributed by atoms with van der Waals surface area (Å²) in [6.45, 7) is 6.89. The molecule has 5 heteroatoms. The molecule has 1 aliphatic heterocycles. The van der Waals surface area contributed by atoms with Gasteiger partial charge in [0.15, 0.2) is 11.5 Å². The monoisotopic (exact) mass is 405 g/mol. The highest BCUT2D eigenvalue weighted by Gasteiger charge is 2.25. The Bertz CT molecular complexity index is 1020. The van der Waals surface area contributed by atoms with Gasteiger partial charge in [-0.15, -0.1) is 0 Å². The van der Waals surface area contributed by atoms with Crippen molar-refractivity contribution >= 4 is 16.7 Å². The van der Waals surface area contributed by atoms with E-state index < -0.39 is 0 Å². The van der Waals surface area contributed by atoms with Crippen molar-refractivity contribution in [2.45, 2.75) is 13.5 Å². The molecule has 1 N–H and O–H groups in total. The van der Waals surface area contributed by atoms with Crippen LogP contribution in [-0.4, -0.2) is 50.7 Å². The summed E-state index contributed by atoms with van der Waals surface area (Å²) in [5, 5.41) is 2.61. The third-order valence-electron chi connectivity index (χ3n) is 5.79. The fourth-order valence-electron chi connectivity index (χ4n) is 4.18. The van der Waals surface area contributed by atoms with E-state index >= 15 is 0 Å². The fraction of sp³-hybridized carbons (Fsp3) is 0.320. The number of rotatable bonds is 6. The third-order valence-corrected chi connectivity index (χ3v) is 5.79. The van der Waals surface area contributed by atoms with E-state index in [1.54, 1.807) is 13.2 Å². The first kappa shape index (κ1) is 20.2. The van der Waals surface area contributed by atoms with Gasteiger partial charge in [-0.05, 0) is 35.9 Å². The van der Waals surface area contributed by atoms with Crippen LogP contribution in [0.5, 0.6) is 11.5 Å². The summed E-state index contributed by atoms with van der Waals surface area (Å²) in [6.07, 6.45) is 0. The minimum absolute atomic E-state index is 0.0561. The fourth-order valence-corrected chi connectivity index (χ4v) is 4.18. The zero-order valence-electron chi connectivity index (χ0n) is 17.7. The van der Waals surface area contributed by atoms with Crippen molar-refractivity contribution in [2.75, 3.05) is 39.9 Å². The molecule has 156 valence electrons. The molecule has 5 nitrogen and oxygen atoms in total. The van der Waals surface area contributed by atoms with E-state index in [0.717, 1.165) is 32.7 Å². The number of piperazine rings is 1. The molecule has 1 fully saturated rings. The highest BCUT2D eigenvalue weighted by Crippen LogP contribution is 2.28. The van der Waals surface area contributed by atoms with Crippen LogP contribution in [0.4, 0.5) is 0 Å². The number of hydrogen-bond acceptors (Lipinski definition) is 3. The van der Waals surface area contributed by atoms with E-state index in [9.17, 15) is 4.79 Å². The van der Waals surface area contributed by atoms with Crippen LogP contribution < -0.4 is 14.4 Å². The largest absolute Gasteiger partial charge is 0.493 e. The Kier molecular flexibility index (Phi) is 6.19. The number of fused-ring (bicyclic) bond motifs is 1. The molecular weight excluding hydrogens is 376 g/mol. The lowest BCUT2D eigenvalue weighted by Gasteiger charge is -2.32. The number of methoxy groups -OCH3 is 1. The molecule has 1 aliphatic rings. The summed E-state index contributed by atoms with van der Waals surface area (Å²) >= 11 is 0. The highest BCUT2D eigenvalue weighted by molar-refractivity contribution is 5.95. The average molecular weight is 406 g/mol. The smallest absolute Gasteiger partial charge is 0.254 e. The number of carbonyl (C=O) groups is 1. The van der Waals surface area contributed by atoms with Gasteiger partial charge >= 0.3 is 0 Å². The van der Waals surface area contributed by atoms with Crippen molar-refractivity contribution in [3.8, 4) is 11.5 Å². The van der Waals surface area contributed by atoms with E-state index in [4.69, 9.17) is 9.47 Å². The normalized spacial score (nSPS) is 14.7. The zero-order valence-corrected chi connectivity index (χ0v) is 17.7. The van der Waals surface area contributed by atoms with Crippen molar-refractivity contribution in [3.63, 3.8) is 0 Å². The molecule has 0 aliphatic carbocycles. The summed E-state index contributed by atoms with van der Waals surface area (Å²) in [6, 6.07) is 20.5. The van der Waals surface area contributed by atoms with Gasteiger partial charge in [-0.25, -0.2) is 0 Å². The van der Waals surface area contributed by atoms with Gasteiger partial charge in [0.25, 0.3) is 5.91 Å². The van der Waals surface area contributed by atoms with E-state index in [1.165, 1.54) is 21.2 Å². The Balaban J connectivity index is 1.40. The van der Waals surface area contributed by atoms with Gasteiger partial charge in [0, 0.05) is 11.1 Å². The second-order valence-corrected chi connectivity index (χ2v) is 7.66. The van der Waals surface area contributed by atoms with Crippen LogP contribution >= 0.6 is 0 Å². The van der Waals surface area contributed by atoms with Gasteiger partial charge < -0.3 is 19.3 Å². The Morgan fingerprint density at radius 1 is 1.00 bits per heavy atom. The molecule has 0 aromatic heterocycles. The first-order chi connectivity index (χ1) is 14.7. The summed E-state index contributed by atoms with van der Waals surface area (Å²) in [5.41, 5.74) is 2.02. The third kappa shape index (κ3) is 4.26. The first-order valence-corrected chi connectivity index (χ1v) is 10.6. The Labute approximate surface area is 177 Å². The molecule has 0 atom stereocenters. The van der Waals surface area contributed by atoms with Crippen LogP contribution in [0.25, 0.3) is 10.8 Å². The number of nitrogens with one attached hydrogen (secondary N) is 1. The summed E-state index contributed by atoms with van der Waals surface area (Å²) < 4.78 is 11.0.